The molecule has 1 saturated heterocycles. The Kier molecular flexibility index (Phi) is 8.22. The molecule has 3 rings (SSSR count). The molecule has 1 heterocycles. The van der Waals surface area contributed by atoms with E-state index in [1.54, 1.807) is 0 Å². The molecule has 2 aromatic rings. The molecule has 2 aromatic carbocycles. The molecule has 0 bridgehead atoms. The van der Waals surface area contributed by atoms with Crippen LogP contribution in [0.1, 0.15) is 49.0 Å². The highest BCUT2D eigenvalue weighted by Gasteiger charge is 2.39. The zero-order valence-electron chi connectivity index (χ0n) is 20.1. The van der Waals surface area contributed by atoms with Crippen LogP contribution in [0.25, 0.3) is 10.8 Å². The number of benzene rings is 2. The third-order valence-corrected chi connectivity index (χ3v) is 6.31. The molecule has 1 fully saturated rings. The van der Waals surface area contributed by atoms with Gasteiger partial charge in [-0.3, -0.25) is 19.2 Å². The molecule has 0 spiro atoms. The van der Waals surface area contributed by atoms with Crippen molar-refractivity contribution >= 4 is 40.7 Å². The first kappa shape index (κ1) is 25.9. The highest BCUT2D eigenvalue weighted by Crippen LogP contribution is 2.24. The Hall–Kier alpha value is -3.75. The number of carbonyl (C=O) groups is 5. The molecule has 9 nitrogen and oxygen atoms in total. The number of fused-ring (bicyclic) bond motifs is 1. The first-order valence-electron chi connectivity index (χ1n) is 11.7. The number of carboxylic acid groups (broad SMARTS) is 1. The molecule has 0 aromatic heterocycles. The van der Waals surface area contributed by atoms with Crippen molar-refractivity contribution in [3.63, 3.8) is 0 Å². The number of rotatable bonds is 9. The summed E-state index contributed by atoms with van der Waals surface area (Å²) in [6.45, 7) is 5.81. The highest BCUT2D eigenvalue weighted by molar-refractivity contribution is 6.09. The smallest absolute Gasteiger partial charge is 0.305 e. The van der Waals surface area contributed by atoms with Gasteiger partial charge in [0, 0.05) is 6.54 Å². The van der Waals surface area contributed by atoms with Crippen molar-refractivity contribution in [3.05, 3.63) is 47.5 Å². The normalized spacial score (nSPS) is 17.1. The monoisotopic (exact) mass is 481 g/mol. The van der Waals surface area contributed by atoms with E-state index in [-0.39, 0.29) is 17.7 Å². The molecule has 35 heavy (non-hydrogen) atoms. The summed E-state index contributed by atoms with van der Waals surface area (Å²) in [6, 6.07) is 8.46. The molecule has 1 aliphatic rings. The number of aryl methyl sites for hydroxylation is 1. The predicted octanol–water partition coefficient (Wildman–Crippen LogP) is 2.05. The van der Waals surface area contributed by atoms with Crippen LogP contribution in [0.15, 0.2) is 36.4 Å². The second-order valence-electron chi connectivity index (χ2n) is 9.21. The SMILES string of the molecule is Cc1ccc2ccccc2c1C(=O)N[C@H](C(=O)N1CCCC1C(=O)N[C@H](C=O)CC(=O)O)C(C)C. The van der Waals surface area contributed by atoms with Gasteiger partial charge in [0.05, 0.1) is 18.0 Å². The Labute approximate surface area is 203 Å². The van der Waals surface area contributed by atoms with Crippen molar-refractivity contribution < 1.29 is 29.1 Å². The summed E-state index contributed by atoms with van der Waals surface area (Å²) in [4.78, 5) is 63.2. The fraction of sp³-hybridized carbons (Fsp3) is 0.423. The minimum Gasteiger partial charge on any atom is -0.481 e. The lowest BCUT2D eigenvalue weighted by molar-refractivity contribution is -0.142. The van der Waals surface area contributed by atoms with Crippen LogP contribution in [-0.4, -0.2) is 64.7 Å². The van der Waals surface area contributed by atoms with Crippen molar-refractivity contribution in [1.82, 2.24) is 15.5 Å². The van der Waals surface area contributed by atoms with E-state index in [0.717, 1.165) is 16.3 Å². The summed E-state index contributed by atoms with van der Waals surface area (Å²) < 4.78 is 0. The number of carboxylic acids is 1. The van der Waals surface area contributed by atoms with E-state index in [2.05, 4.69) is 10.6 Å². The number of hydrogen-bond donors (Lipinski definition) is 3. The molecular weight excluding hydrogens is 450 g/mol. The summed E-state index contributed by atoms with van der Waals surface area (Å²) in [7, 11) is 0. The number of nitrogens with one attached hydrogen (secondary N) is 2. The standard InChI is InChI=1S/C26H31N3O6/c1-15(2)23(28-25(34)22-16(3)10-11-17-7-4-5-8-19(17)22)26(35)29-12-6-9-20(29)24(33)27-18(14-30)13-21(31)32/h4-5,7-8,10-11,14-15,18,20,23H,6,9,12-13H2,1-3H3,(H,27,33)(H,28,34)(H,31,32)/t18-,20?,23-/m0/s1. The minimum absolute atomic E-state index is 0.249. The molecule has 9 heteroatoms. The average molecular weight is 482 g/mol. The number of carbonyl (C=O) groups excluding carboxylic acids is 4. The molecular formula is C26H31N3O6. The molecule has 3 N–H and O–H groups in total. The number of aldehydes is 1. The van der Waals surface area contributed by atoms with E-state index in [1.165, 1.54) is 4.90 Å². The number of nitrogens with zero attached hydrogens (tertiary/aromatic N) is 1. The minimum atomic E-state index is -1.21. The van der Waals surface area contributed by atoms with Crippen LogP contribution >= 0.6 is 0 Å². The molecule has 1 aliphatic heterocycles. The van der Waals surface area contributed by atoms with Crippen molar-refractivity contribution in [2.75, 3.05) is 6.54 Å². The maximum atomic E-state index is 13.5. The molecule has 0 radical (unpaired) electrons. The lowest BCUT2D eigenvalue weighted by Gasteiger charge is -2.31. The highest BCUT2D eigenvalue weighted by atomic mass is 16.4. The second kappa shape index (κ2) is 11.1. The summed E-state index contributed by atoms with van der Waals surface area (Å²) in [6.07, 6.45) is 0.800. The fourth-order valence-electron chi connectivity index (χ4n) is 4.49. The molecule has 3 atom stereocenters. The van der Waals surface area contributed by atoms with Crippen LogP contribution in [0.3, 0.4) is 0 Å². The second-order valence-corrected chi connectivity index (χ2v) is 9.21. The van der Waals surface area contributed by atoms with Gasteiger partial charge in [0.1, 0.15) is 18.4 Å². The van der Waals surface area contributed by atoms with E-state index in [1.807, 2.05) is 57.2 Å². The largest absolute Gasteiger partial charge is 0.481 e. The van der Waals surface area contributed by atoms with Crippen molar-refractivity contribution in [2.45, 2.75) is 58.2 Å². The maximum absolute atomic E-state index is 13.5. The first-order chi connectivity index (χ1) is 16.6. The summed E-state index contributed by atoms with van der Waals surface area (Å²) in [5.74, 6) is -2.79. The summed E-state index contributed by atoms with van der Waals surface area (Å²) in [5.41, 5.74) is 1.28. The van der Waals surface area contributed by atoms with E-state index < -0.39 is 36.4 Å². The number of likely N-dealkylation sites (tertiary alicyclic amines) is 1. The Morgan fingerprint density at radius 3 is 2.49 bits per heavy atom. The Bertz CT molecular complexity index is 1150. The molecule has 1 unspecified atom stereocenters. The van der Waals surface area contributed by atoms with Gasteiger partial charge in [-0.25, -0.2) is 0 Å². The first-order valence-corrected chi connectivity index (χ1v) is 11.7. The lowest BCUT2D eigenvalue weighted by Crippen LogP contribution is -2.56. The molecule has 186 valence electrons. The topological polar surface area (TPSA) is 133 Å². The van der Waals surface area contributed by atoms with Gasteiger partial charge in [0.15, 0.2) is 0 Å². The van der Waals surface area contributed by atoms with Crippen molar-refractivity contribution in [2.24, 2.45) is 5.92 Å². The third-order valence-electron chi connectivity index (χ3n) is 6.31. The zero-order valence-corrected chi connectivity index (χ0v) is 20.1. The van der Waals surface area contributed by atoms with Crippen LogP contribution in [0.4, 0.5) is 0 Å². The molecule has 0 aliphatic carbocycles. The molecule has 3 amide bonds. The third kappa shape index (κ3) is 5.85. The van der Waals surface area contributed by atoms with Crippen LogP contribution in [-0.2, 0) is 19.2 Å². The van der Waals surface area contributed by atoms with E-state index in [0.29, 0.717) is 31.2 Å². The van der Waals surface area contributed by atoms with Crippen LogP contribution in [0, 0.1) is 12.8 Å². The fourth-order valence-corrected chi connectivity index (χ4v) is 4.49. The van der Waals surface area contributed by atoms with Crippen molar-refractivity contribution in [1.29, 1.82) is 0 Å². The molecule has 0 saturated carbocycles. The number of hydrogen-bond acceptors (Lipinski definition) is 5. The van der Waals surface area contributed by atoms with E-state index in [4.69, 9.17) is 5.11 Å². The van der Waals surface area contributed by atoms with Gasteiger partial charge in [-0.1, -0.05) is 50.2 Å². The maximum Gasteiger partial charge on any atom is 0.305 e. The summed E-state index contributed by atoms with van der Waals surface area (Å²) >= 11 is 0. The average Bonchev–Trinajstić information content (AvgIpc) is 3.31. The van der Waals surface area contributed by atoms with Gasteiger partial charge in [-0.05, 0) is 42.0 Å². The zero-order chi connectivity index (χ0) is 25.7. The lowest BCUT2D eigenvalue weighted by atomic mass is 9.97. The summed E-state index contributed by atoms with van der Waals surface area (Å²) in [5, 5.41) is 15.9. The van der Waals surface area contributed by atoms with Gasteiger partial charge in [0.2, 0.25) is 11.8 Å². The Morgan fingerprint density at radius 2 is 1.83 bits per heavy atom. The van der Waals surface area contributed by atoms with E-state index in [9.17, 15) is 24.0 Å². The van der Waals surface area contributed by atoms with Gasteiger partial charge >= 0.3 is 5.97 Å². The van der Waals surface area contributed by atoms with Gasteiger partial charge in [-0.15, -0.1) is 0 Å². The number of amides is 3. The Balaban J connectivity index is 1.80. The van der Waals surface area contributed by atoms with Crippen LogP contribution < -0.4 is 10.6 Å². The quantitative estimate of drug-likeness (QED) is 0.470. The van der Waals surface area contributed by atoms with Crippen molar-refractivity contribution in [3.8, 4) is 0 Å². The van der Waals surface area contributed by atoms with Crippen LogP contribution in [0.5, 0.6) is 0 Å². The number of aliphatic carboxylic acids is 1. The van der Waals surface area contributed by atoms with Gasteiger partial charge in [-0.2, -0.15) is 0 Å². The van der Waals surface area contributed by atoms with Crippen LogP contribution in [0.2, 0.25) is 0 Å². The van der Waals surface area contributed by atoms with E-state index >= 15 is 0 Å². The predicted molar refractivity (Wildman–Crippen MR) is 130 cm³/mol. The Morgan fingerprint density at radius 1 is 1.11 bits per heavy atom. The van der Waals surface area contributed by atoms with Gasteiger partial charge in [0.25, 0.3) is 5.91 Å². The van der Waals surface area contributed by atoms with Gasteiger partial charge < -0.3 is 25.4 Å².